The fraction of sp³-hybridized carbons (Fsp3) is 0.111. The molecule has 0 spiro atoms. The van der Waals surface area contributed by atoms with Crippen LogP contribution in [0.2, 0.25) is 0 Å². The fourth-order valence-electron chi connectivity index (χ4n) is 1.58. The number of fused-ring (bicyclic) bond motifs is 1. The van der Waals surface area contributed by atoms with Gasteiger partial charge in [0, 0.05) is 4.88 Å². The van der Waals surface area contributed by atoms with E-state index >= 15 is 0 Å². The van der Waals surface area contributed by atoms with Crippen LogP contribution < -0.4 is 5.73 Å². The third-order valence-corrected chi connectivity index (χ3v) is 4.77. The van der Waals surface area contributed by atoms with Gasteiger partial charge in [-0.05, 0) is 35.0 Å². The van der Waals surface area contributed by atoms with Crippen molar-refractivity contribution < 1.29 is 0 Å². The molecular weight excluding hydrogens is 308 g/mol. The Bertz CT molecular complexity index is 666. The molecule has 4 nitrogen and oxygen atoms in total. The van der Waals surface area contributed by atoms with Gasteiger partial charge in [0.2, 0.25) is 10.9 Å². The van der Waals surface area contributed by atoms with Gasteiger partial charge >= 0.3 is 0 Å². The van der Waals surface area contributed by atoms with E-state index in [2.05, 4.69) is 39.0 Å². The van der Waals surface area contributed by atoms with Crippen molar-refractivity contribution in [2.75, 3.05) is 5.73 Å². The van der Waals surface area contributed by atoms with Crippen molar-refractivity contribution >= 4 is 49.5 Å². The molecule has 0 fully saturated rings. The third-order valence-electron chi connectivity index (χ3n) is 2.19. The van der Waals surface area contributed by atoms with Crippen molar-refractivity contribution in [3.8, 4) is 10.6 Å². The fourth-order valence-corrected chi connectivity index (χ4v) is 4.04. The first-order valence-electron chi connectivity index (χ1n) is 4.52. The molecule has 2 N–H and O–H groups in total. The molecule has 0 aliphatic heterocycles. The summed E-state index contributed by atoms with van der Waals surface area (Å²) in [6.45, 7) is 2.07. The molecule has 0 saturated heterocycles. The number of hydrogen-bond acceptors (Lipinski definition) is 5. The van der Waals surface area contributed by atoms with E-state index in [4.69, 9.17) is 5.73 Å². The summed E-state index contributed by atoms with van der Waals surface area (Å²) in [5.41, 5.74) is 6.68. The summed E-state index contributed by atoms with van der Waals surface area (Å²) in [4.78, 5) is 7.38. The Labute approximate surface area is 108 Å². The quantitative estimate of drug-likeness (QED) is 0.750. The van der Waals surface area contributed by atoms with Crippen LogP contribution in [0, 0.1) is 6.92 Å². The van der Waals surface area contributed by atoms with E-state index in [1.165, 1.54) is 9.75 Å². The van der Waals surface area contributed by atoms with Crippen LogP contribution in [-0.4, -0.2) is 14.6 Å². The van der Waals surface area contributed by atoms with E-state index in [1.54, 1.807) is 22.7 Å². The van der Waals surface area contributed by atoms with E-state index in [0.29, 0.717) is 5.95 Å². The lowest BCUT2D eigenvalue weighted by atomic mass is 10.3. The normalized spacial score (nSPS) is 11.4. The Kier molecular flexibility index (Phi) is 2.27. The second kappa shape index (κ2) is 3.54. The van der Waals surface area contributed by atoms with Crippen molar-refractivity contribution in [2.45, 2.75) is 6.92 Å². The predicted molar refractivity (Wildman–Crippen MR) is 71.0 cm³/mol. The van der Waals surface area contributed by atoms with E-state index in [1.807, 2.05) is 10.6 Å². The van der Waals surface area contributed by atoms with E-state index < -0.39 is 0 Å². The van der Waals surface area contributed by atoms with Gasteiger partial charge < -0.3 is 5.73 Å². The van der Waals surface area contributed by atoms with Crippen LogP contribution >= 0.6 is 38.6 Å². The molecule has 3 heterocycles. The van der Waals surface area contributed by atoms with E-state index in [-0.39, 0.29) is 0 Å². The zero-order valence-electron chi connectivity index (χ0n) is 8.27. The van der Waals surface area contributed by atoms with Gasteiger partial charge in [-0.15, -0.1) is 16.4 Å². The highest BCUT2D eigenvalue weighted by Crippen LogP contribution is 2.36. The summed E-state index contributed by atoms with van der Waals surface area (Å²) >= 11 is 6.75. The number of anilines is 1. The largest absolute Gasteiger partial charge is 0.366 e. The van der Waals surface area contributed by atoms with Crippen LogP contribution in [0.3, 0.4) is 0 Å². The second-order valence-corrected chi connectivity index (χ2v) is 6.92. The van der Waals surface area contributed by atoms with Gasteiger partial charge in [0.1, 0.15) is 0 Å². The number of thiazole rings is 1. The number of thiophene rings is 1. The van der Waals surface area contributed by atoms with Crippen LogP contribution in [-0.2, 0) is 0 Å². The highest BCUT2D eigenvalue weighted by Gasteiger charge is 2.15. The van der Waals surface area contributed by atoms with Crippen LogP contribution in [0.25, 0.3) is 15.5 Å². The summed E-state index contributed by atoms with van der Waals surface area (Å²) in [7, 11) is 0. The minimum absolute atomic E-state index is 0.322. The van der Waals surface area contributed by atoms with Crippen LogP contribution in [0.15, 0.2) is 15.9 Å². The minimum atomic E-state index is 0.322. The first kappa shape index (κ1) is 10.2. The molecule has 82 valence electrons. The molecular formula is C9H7BrN4S2. The van der Waals surface area contributed by atoms with Crippen LogP contribution in [0.4, 0.5) is 5.95 Å². The van der Waals surface area contributed by atoms with Crippen molar-refractivity contribution in [1.29, 1.82) is 0 Å². The van der Waals surface area contributed by atoms with Crippen LogP contribution in [0.1, 0.15) is 4.88 Å². The molecule has 0 aliphatic rings. The molecule has 0 amide bonds. The average Bonchev–Trinajstić information content (AvgIpc) is 2.80. The summed E-state index contributed by atoms with van der Waals surface area (Å²) in [6.07, 6.45) is 0. The van der Waals surface area contributed by atoms with E-state index in [9.17, 15) is 0 Å². The summed E-state index contributed by atoms with van der Waals surface area (Å²) in [6, 6.07) is 4.10. The standard InChI is InChI=1S/C9H7BrN4S2/c1-4-7(5-2-3-6(10)16-5)14-9(15-4)12-8(11)13-14/h2-3H,1H3,(H2,11,13). The predicted octanol–water partition coefficient (Wildman–Crippen LogP) is 3.17. The Morgan fingerprint density at radius 1 is 1.38 bits per heavy atom. The summed E-state index contributed by atoms with van der Waals surface area (Å²) < 4.78 is 2.92. The Morgan fingerprint density at radius 2 is 2.19 bits per heavy atom. The molecule has 0 unspecified atom stereocenters. The van der Waals surface area contributed by atoms with E-state index in [0.717, 1.165) is 14.4 Å². The molecule has 7 heteroatoms. The van der Waals surface area contributed by atoms with Gasteiger partial charge in [0.25, 0.3) is 0 Å². The van der Waals surface area contributed by atoms with Crippen molar-refractivity contribution in [2.24, 2.45) is 0 Å². The first-order valence-corrected chi connectivity index (χ1v) is 6.95. The number of nitrogens with zero attached hydrogens (tertiary/aromatic N) is 3. The summed E-state index contributed by atoms with van der Waals surface area (Å²) in [5.74, 6) is 0.322. The maximum absolute atomic E-state index is 5.60. The molecule has 16 heavy (non-hydrogen) atoms. The molecule has 0 aromatic carbocycles. The number of rotatable bonds is 1. The molecule has 0 saturated carbocycles. The molecule has 0 bridgehead atoms. The lowest BCUT2D eigenvalue weighted by Gasteiger charge is -1.95. The number of halogens is 1. The van der Waals surface area contributed by atoms with Crippen LogP contribution in [0.5, 0.6) is 0 Å². The van der Waals surface area contributed by atoms with Crippen molar-refractivity contribution in [1.82, 2.24) is 14.6 Å². The molecule has 0 atom stereocenters. The lowest BCUT2D eigenvalue weighted by Crippen LogP contribution is -1.91. The molecule has 0 radical (unpaired) electrons. The second-order valence-electron chi connectivity index (χ2n) is 3.27. The number of nitrogen functional groups attached to an aromatic ring is 1. The van der Waals surface area contributed by atoms with Gasteiger partial charge in [-0.2, -0.15) is 9.50 Å². The minimum Gasteiger partial charge on any atom is -0.366 e. The zero-order chi connectivity index (χ0) is 11.3. The topological polar surface area (TPSA) is 56.2 Å². The monoisotopic (exact) mass is 314 g/mol. The molecule has 3 aromatic rings. The Hall–Kier alpha value is -0.920. The van der Waals surface area contributed by atoms with Gasteiger partial charge in [0.15, 0.2) is 0 Å². The highest BCUT2D eigenvalue weighted by atomic mass is 79.9. The zero-order valence-corrected chi connectivity index (χ0v) is 11.5. The smallest absolute Gasteiger partial charge is 0.241 e. The van der Waals surface area contributed by atoms with Crippen molar-refractivity contribution in [3.05, 3.63) is 20.8 Å². The Balaban J connectivity index is 2.32. The SMILES string of the molecule is Cc1sc2nc(N)nn2c1-c1ccc(Br)s1. The average molecular weight is 315 g/mol. The highest BCUT2D eigenvalue weighted by molar-refractivity contribution is 9.11. The maximum atomic E-state index is 5.60. The Morgan fingerprint density at radius 3 is 2.88 bits per heavy atom. The first-order chi connectivity index (χ1) is 7.65. The number of aromatic nitrogens is 3. The maximum Gasteiger partial charge on any atom is 0.241 e. The van der Waals surface area contributed by atoms with Gasteiger partial charge in [-0.3, -0.25) is 0 Å². The van der Waals surface area contributed by atoms with Gasteiger partial charge in [-0.25, -0.2) is 0 Å². The molecule has 3 rings (SSSR count). The third kappa shape index (κ3) is 1.47. The van der Waals surface area contributed by atoms with Gasteiger partial charge in [-0.1, -0.05) is 11.3 Å². The summed E-state index contributed by atoms with van der Waals surface area (Å²) in [5, 5.41) is 4.20. The molecule has 0 aliphatic carbocycles. The number of hydrogen-bond donors (Lipinski definition) is 1. The number of aryl methyl sites for hydroxylation is 1. The lowest BCUT2D eigenvalue weighted by molar-refractivity contribution is 0.990. The van der Waals surface area contributed by atoms with Gasteiger partial charge in [0.05, 0.1) is 14.4 Å². The van der Waals surface area contributed by atoms with Crippen molar-refractivity contribution in [3.63, 3.8) is 0 Å². The number of nitrogens with two attached hydrogens (primary N) is 1. The molecule has 3 aromatic heterocycles.